The summed E-state index contributed by atoms with van der Waals surface area (Å²) >= 11 is 0. The van der Waals surface area contributed by atoms with Crippen molar-refractivity contribution in [3.63, 3.8) is 0 Å². The summed E-state index contributed by atoms with van der Waals surface area (Å²) in [4.78, 5) is 0. The van der Waals surface area contributed by atoms with E-state index in [4.69, 9.17) is 9.47 Å². The standard InChI is InChI=1S/C13H18F3NO2/c1-4-7-17-12(13(14,15)16)10-8-9(18-2)5-6-11(10)19-3/h5-6,8,12,17H,4,7H2,1-3H3. The molecule has 0 aliphatic rings. The summed E-state index contributed by atoms with van der Waals surface area (Å²) in [6, 6.07) is 2.62. The summed E-state index contributed by atoms with van der Waals surface area (Å²) in [5.41, 5.74) is 0.0304. The van der Waals surface area contributed by atoms with E-state index in [0.717, 1.165) is 0 Å². The minimum absolute atomic E-state index is 0.0304. The highest BCUT2D eigenvalue weighted by molar-refractivity contribution is 5.42. The number of hydrogen-bond acceptors (Lipinski definition) is 3. The molecule has 108 valence electrons. The Morgan fingerprint density at radius 1 is 1.21 bits per heavy atom. The molecule has 0 aromatic heterocycles. The Bertz CT molecular complexity index is 407. The molecule has 1 aromatic carbocycles. The van der Waals surface area contributed by atoms with Crippen molar-refractivity contribution in [2.75, 3.05) is 20.8 Å². The summed E-state index contributed by atoms with van der Waals surface area (Å²) in [6.07, 6.45) is -3.78. The Balaban J connectivity index is 3.19. The van der Waals surface area contributed by atoms with Gasteiger partial charge in [-0.15, -0.1) is 0 Å². The number of methoxy groups -OCH3 is 2. The molecule has 0 saturated carbocycles. The number of halogens is 3. The quantitative estimate of drug-likeness (QED) is 0.865. The highest BCUT2D eigenvalue weighted by atomic mass is 19.4. The Kier molecular flexibility index (Phi) is 5.47. The van der Waals surface area contributed by atoms with Crippen molar-refractivity contribution in [1.29, 1.82) is 0 Å². The first-order chi connectivity index (χ1) is 8.93. The van der Waals surface area contributed by atoms with E-state index in [9.17, 15) is 13.2 Å². The topological polar surface area (TPSA) is 30.5 Å². The van der Waals surface area contributed by atoms with Crippen molar-refractivity contribution < 1.29 is 22.6 Å². The number of alkyl halides is 3. The van der Waals surface area contributed by atoms with E-state index in [-0.39, 0.29) is 17.9 Å². The first-order valence-electron chi connectivity index (χ1n) is 5.96. The van der Waals surface area contributed by atoms with Crippen LogP contribution in [-0.4, -0.2) is 26.9 Å². The monoisotopic (exact) mass is 277 g/mol. The molecule has 0 heterocycles. The van der Waals surface area contributed by atoms with Crippen LogP contribution in [0.4, 0.5) is 13.2 Å². The van der Waals surface area contributed by atoms with E-state index >= 15 is 0 Å². The number of nitrogens with one attached hydrogen (secondary N) is 1. The van der Waals surface area contributed by atoms with E-state index in [1.165, 1.54) is 26.4 Å². The number of rotatable bonds is 6. The fraction of sp³-hybridized carbons (Fsp3) is 0.538. The minimum Gasteiger partial charge on any atom is -0.497 e. The number of benzene rings is 1. The van der Waals surface area contributed by atoms with Gasteiger partial charge in [-0.3, -0.25) is 0 Å². The van der Waals surface area contributed by atoms with E-state index in [0.29, 0.717) is 12.2 Å². The Hall–Kier alpha value is -1.43. The first-order valence-corrected chi connectivity index (χ1v) is 5.96. The lowest BCUT2D eigenvalue weighted by molar-refractivity contribution is -0.158. The van der Waals surface area contributed by atoms with Crippen LogP contribution in [-0.2, 0) is 0 Å². The summed E-state index contributed by atoms with van der Waals surface area (Å²) in [5.74, 6) is 0.551. The van der Waals surface area contributed by atoms with Crippen LogP contribution in [0.1, 0.15) is 24.9 Å². The van der Waals surface area contributed by atoms with E-state index in [2.05, 4.69) is 5.32 Å². The highest BCUT2D eigenvalue weighted by Gasteiger charge is 2.42. The van der Waals surface area contributed by atoms with Crippen molar-refractivity contribution in [3.8, 4) is 11.5 Å². The van der Waals surface area contributed by atoms with Gasteiger partial charge in [-0.25, -0.2) is 0 Å². The smallest absolute Gasteiger partial charge is 0.408 e. The number of ether oxygens (including phenoxy) is 2. The van der Waals surface area contributed by atoms with Crippen molar-refractivity contribution in [3.05, 3.63) is 23.8 Å². The zero-order chi connectivity index (χ0) is 14.5. The van der Waals surface area contributed by atoms with Crippen molar-refractivity contribution >= 4 is 0 Å². The van der Waals surface area contributed by atoms with Crippen LogP contribution in [0.3, 0.4) is 0 Å². The lowest BCUT2D eigenvalue weighted by Crippen LogP contribution is -2.34. The molecule has 1 aromatic rings. The predicted octanol–water partition coefficient (Wildman–Crippen LogP) is 3.31. The third-order valence-electron chi connectivity index (χ3n) is 2.67. The Morgan fingerprint density at radius 2 is 1.89 bits per heavy atom. The third kappa shape index (κ3) is 4.02. The third-order valence-corrected chi connectivity index (χ3v) is 2.67. The number of hydrogen-bond donors (Lipinski definition) is 1. The zero-order valence-electron chi connectivity index (χ0n) is 11.2. The van der Waals surface area contributed by atoms with Gasteiger partial charge in [0.25, 0.3) is 0 Å². The molecule has 1 rings (SSSR count). The van der Waals surface area contributed by atoms with Gasteiger partial charge in [-0.1, -0.05) is 6.92 Å². The summed E-state index contributed by atoms with van der Waals surface area (Å²) in [6.45, 7) is 2.08. The zero-order valence-corrected chi connectivity index (χ0v) is 11.2. The molecule has 0 bridgehead atoms. The molecular formula is C13H18F3NO2. The van der Waals surface area contributed by atoms with Gasteiger partial charge in [0.05, 0.1) is 14.2 Å². The summed E-state index contributed by atoms with van der Waals surface area (Å²) < 4.78 is 49.3. The molecule has 6 heteroatoms. The maximum Gasteiger partial charge on any atom is 0.408 e. The van der Waals surface area contributed by atoms with E-state index < -0.39 is 12.2 Å². The van der Waals surface area contributed by atoms with Crippen LogP contribution < -0.4 is 14.8 Å². The first kappa shape index (κ1) is 15.6. The average molecular weight is 277 g/mol. The highest BCUT2D eigenvalue weighted by Crippen LogP contribution is 2.38. The van der Waals surface area contributed by atoms with Crippen LogP contribution in [0.25, 0.3) is 0 Å². The molecular weight excluding hydrogens is 259 g/mol. The molecule has 0 fully saturated rings. The maximum absolute atomic E-state index is 13.1. The average Bonchev–Trinajstić information content (AvgIpc) is 2.37. The molecule has 0 spiro atoms. The molecule has 3 nitrogen and oxygen atoms in total. The van der Waals surface area contributed by atoms with Gasteiger partial charge in [-0.05, 0) is 31.2 Å². The van der Waals surface area contributed by atoms with Crippen molar-refractivity contribution in [1.82, 2.24) is 5.32 Å². The summed E-state index contributed by atoms with van der Waals surface area (Å²) in [7, 11) is 2.76. The molecule has 0 radical (unpaired) electrons. The van der Waals surface area contributed by atoms with Crippen molar-refractivity contribution in [2.24, 2.45) is 0 Å². The molecule has 0 aliphatic heterocycles. The molecule has 0 aliphatic carbocycles. The van der Waals surface area contributed by atoms with Crippen molar-refractivity contribution in [2.45, 2.75) is 25.6 Å². The summed E-state index contributed by atoms with van der Waals surface area (Å²) in [5, 5.41) is 2.49. The van der Waals surface area contributed by atoms with E-state index in [1.807, 2.05) is 6.92 Å². The van der Waals surface area contributed by atoms with Crippen LogP contribution in [0, 0.1) is 0 Å². The fourth-order valence-electron chi connectivity index (χ4n) is 1.76. The molecule has 19 heavy (non-hydrogen) atoms. The van der Waals surface area contributed by atoms with Crippen LogP contribution in [0.2, 0.25) is 0 Å². The lowest BCUT2D eigenvalue weighted by atomic mass is 10.0. The second kappa shape index (κ2) is 6.65. The van der Waals surface area contributed by atoms with Crippen LogP contribution >= 0.6 is 0 Å². The minimum atomic E-state index is -4.39. The normalized spacial score (nSPS) is 13.2. The molecule has 1 N–H and O–H groups in total. The molecule has 0 saturated heterocycles. The van der Waals surface area contributed by atoms with Gasteiger partial charge >= 0.3 is 6.18 Å². The van der Waals surface area contributed by atoms with Crippen LogP contribution in [0.5, 0.6) is 11.5 Å². The SMILES string of the molecule is CCCNC(c1cc(OC)ccc1OC)C(F)(F)F. The largest absolute Gasteiger partial charge is 0.497 e. The van der Waals surface area contributed by atoms with Gasteiger partial charge in [0.1, 0.15) is 17.5 Å². The van der Waals surface area contributed by atoms with E-state index in [1.54, 1.807) is 6.07 Å². The van der Waals surface area contributed by atoms with Gasteiger partial charge in [-0.2, -0.15) is 13.2 Å². The fourth-order valence-corrected chi connectivity index (χ4v) is 1.76. The Morgan fingerprint density at radius 3 is 2.37 bits per heavy atom. The van der Waals surface area contributed by atoms with Gasteiger partial charge in [0, 0.05) is 5.56 Å². The predicted molar refractivity (Wildman–Crippen MR) is 66.6 cm³/mol. The second-order valence-corrected chi connectivity index (χ2v) is 4.04. The Labute approximate surface area is 110 Å². The van der Waals surface area contributed by atoms with Crippen LogP contribution in [0.15, 0.2) is 18.2 Å². The van der Waals surface area contributed by atoms with Gasteiger partial charge in [0.15, 0.2) is 0 Å². The lowest BCUT2D eigenvalue weighted by Gasteiger charge is -2.24. The molecule has 1 unspecified atom stereocenters. The molecule has 0 amide bonds. The second-order valence-electron chi connectivity index (χ2n) is 4.04. The maximum atomic E-state index is 13.1. The van der Waals surface area contributed by atoms with Gasteiger partial charge < -0.3 is 14.8 Å². The molecule has 1 atom stereocenters. The van der Waals surface area contributed by atoms with Gasteiger partial charge in [0.2, 0.25) is 0 Å².